The van der Waals surface area contributed by atoms with Crippen molar-refractivity contribution in [3.8, 4) is 0 Å². The average molecular weight is 470 g/mol. The van der Waals surface area contributed by atoms with Crippen LogP contribution in [0.4, 0.5) is 0 Å². The van der Waals surface area contributed by atoms with E-state index in [4.69, 9.17) is 9.72 Å². The van der Waals surface area contributed by atoms with E-state index in [9.17, 15) is 0 Å². The Morgan fingerprint density at radius 3 is 2.72 bits per heavy atom. The Balaban J connectivity index is 0.00000182. The molecule has 0 amide bonds. The molecule has 2 aliphatic rings. The second-order valence-electron chi connectivity index (χ2n) is 6.58. The number of aliphatic imine (C=N–C) groups is 1. The highest BCUT2D eigenvalue weighted by molar-refractivity contribution is 14.0. The van der Waals surface area contributed by atoms with Gasteiger partial charge in [-0.2, -0.15) is 0 Å². The maximum atomic E-state index is 5.30. The predicted octanol–water partition coefficient (Wildman–Crippen LogP) is 2.61. The van der Waals surface area contributed by atoms with Crippen molar-refractivity contribution in [2.45, 2.75) is 19.4 Å². The van der Waals surface area contributed by atoms with Gasteiger partial charge >= 0.3 is 0 Å². The maximum Gasteiger partial charge on any atom is 0.191 e. The van der Waals surface area contributed by atoms with Gasteiger partial charge in [0, 0.05) is 18.3 Å². The summed E-state index contributed by atoms with van der Waals surface area (Å²) < 4.78 is 5.30. The Morgan fingerprint density at radius 2 is 2.04 bits per heavy atom. The fourth-order valence-corrected chi connectivity index (χ4v) is 3.75. The van der Waals surface area contributed by atoms with Gasteiger partial charge in [-0.05, 0) is 12.0 Å². The third-order valence-electron chi connectivity index (χ3n) is 4.53. The third-order valence-corrected chi connectivity index (χ3v) is 5.48. The van der Waals surface area contributed by atoms with Crippen LogP contribution in [0, 0.1) is 5.41 Å². The Bertz CT molecular complexity index is 715. The summed E-state index contributed by atoms with van der Waals surface area (Å²) in [5.41, 5.74) is 2.69. The van der Waals surface area contributed by atoms with E-state index < -0.39 is 0 Å². The van der Waals surface area contributed by atoms with Gasteiger partial charge in [0.25, 0.3) is 0 Å². The molecule has 1 spiro atoms. The molecule has 0 aliphatic carbocycles. The second-order valence-corrected chi connectivity index (χ2v) is 7.53. The van der Waals surface area contributed by atoms with Gasteiger partial charge in [-0.25, -0.2) is 4.98 Å². The van der Waals surface area contributed by atoms with E-state index >= 15 is 0 Å². The lowest BCUT2D eigenvalue weighted by atomic mass is 9.85. The SMILES string of the molecule is I.c1ccc(CCc2nc(CNC3=NCC4(CN3)COC4)cs2)cc1. The number of aromatic nitrogens is 1. The standard InChI is InChI=1S/C18H22N4OS.HI/c1-2-4-14(5-3-1)6-7-16-22-15(9-24-16)8-19-17-20-10-18(11-21-17)12-23-13-18;/h1-5,9H,6-8,10-13H2,(H2,19,20,21);1H. The molecule has 5 nitrogen and oxygen atoms in total. The Hall–Kier alpha value is -1.19. The first-order chi connectivity index (χ1) is 11.8. The lowest BCUT2D eigenvalue weighted by molar-refractivity contribution is -0.104. The second kappa shape index (κ2) is 8.46. The molecule has 25 heavy (non-hydrogen) atoms. The van der Waals surface area contributed by atoms with E-state index in [0.717, 1.165) is 57.3 Å². The van der Waals surface area contributed by atoms with Crippen molar-refractivity contribution in [1.82, 2.24) is 15.6 Å². The van der Waals surface area contributed by atoms with Crippen molar-refractivity contribution in [3.63, 3.8) is 0 Å². The number of hydrogen-bond acceptors (Lipinski definition) is 6. The molecule has 2 aromatic rings. The summed E-state index contributed by atoms with van der Waals surface area (Å²) in [5, 5.41) is 10.1. The minimum Gasteiger partial charge on any atom is -0.380 e. The molecular weight excluding hydrogens is 447 g/mol. The molecule has 0 saturated carbocycles. The molecule has 1 aromatic heterocycles. The number of benzene rings is 1. The molecule has 0 atom stereocenters. The highest BCUT2D eigenvalue weighted by Crippen LogP contribution is 2.28. The van der Waals surface area contributed by atoms with Crippen LogP contribution in [0.5, 0.6) is 0 Å². The minimum absolute atomic E-state index is 0. The molecule has 134 valence electrons. The Labute approximate surface area is 169 Å². The average Bonchev–Trinajstić information content (AvgIpc) is 3.06. The summed E-state index contributed by atoms with van der Waals surface area (Å²) in [5.74, 6) is 0.881. The van der Waals surface area contributed by atoms with Crippen LogP contribution in [0.3, 0.4) is 0 Å². The number of nitrogens with one attached hydrogen (secondary N) is 2. The summed E-state index contributed by atoms with van der Waals surface area (Å²) >= 11 is 1.74. The van der Waals surface area contributed by atoms with Gasteiger partial charge in [0.05, 0.1) is 42.4 Å². The van der Waals surface area contributed by atoms with Gasteiger partial charge in [-0.3, -0.25) is 4.99 Å². The molecule has 2 N–H and O–H groups in total. The molecule has 4 rings (SSSR count). The van der Waals surface area contributed by atoms with Crippen molar-refractivity contribution < 1.29 is 4.74 Å². The molecule has 1 aromatic carbocycles. The fraction of sp³-hybridized carbons (Fsp3) is 0.444. The highest BCUT2D eigenvalue weighted by Gasteiger charge is 2.40. The fourth-order valence-electron chi connectivity index (χ4n) is 2.95. The van der Waals surface area contributed by atoms with Crippen LogP contribution >= 0.6 is 35.3 Å². The summed E-state index contributed by atoms with van der Waals surface area (Å²) in [6.45, 7) is 4.17. The molecular formula is C18H23IN4OS. The van der Waals surface area contributed by atoms with E-state index in [2.05, 4.69) is 51.3 Å². The monoisotopic (exact) mass is 470 g/mol. The van der Waals surface area contributed by atoms with Crippen molar-refractivity contribution in [3.05, 3.63) is 52.0 Å². The van der Waals surface area contributed by atoms with Gasteiger partial charge in [0.15, 0.2) is 5.96 Å². The number of aryl methyl sites for hydroxylation is 2. The van der Waals surface area contributed by atoms with Crippen molar-refractivity contribution in [2.24, 2.45) is 10.4 Å². The quantitative estimate of drug-likeness (QED) is 0.660. The molecule has 1 fully saturated rings. The Morgan fingerprint density at radius 1 is 1.20 bits per heavy atom. The zero-order valence-electron chi connectivity index (χ0n) is 14.0. The van der Waals surface area contributed by atoms with Gasteiger partial charge in [0.2, 0.25) is 0 Å². The number of ether oxygens (including phenoxy) is 1. The first-order valence-electron chi connectivity index (χ1n) is 8.39. The first kappa shape index (κ1) is 18.6. The molecule has 2 aliphatic heterocycles. The Kier molecular flexibility index (Phi) is 6.29. The van der Waals surface area contributed by atoms with Crippen molar-refractivity contribution in [1.29, 1.82) is 0 Å². The minimum atomic E-state index is 0. The summed E-state index contributed by atoms with van der Waals surface area (Å²) in [6.07, 6.45) is 2.04. The van der Waals surface area contributed by atoms with Crippen LogP contribution in [-0.4, -0.2) is 37.2 Å². The van der Waals surface area contributed by atoms with E-state index in [1.54, 1.807) is 11.3 Å². The topological polar surface area (TPSA) is 58.5 Å². The largest absolute Gasteiger partial charge is 0.380 e. The zero-order valence-corrected chi connectivity index (χ0v) is 17.2. The number of halogens is 1. The van der Waals surface area contributed by atoms with E-state index in [0.29, 0.717) is 0 Å². The highest BCUT2D eigenvalue weighted by atomic mass is 127. The lowest BCUT2D eigenvalue weighted by Crippen LogP contribution is -2.57. The van der Waals surface area contributed by atoms with E-state index in [1.165, 1.54) is 10.6 Å². The molecule has 0 bridgehead atoms. The predicted molar refractivity (Wildman–Crippen MR) is 112 cm³/mol. The van der Waals surface area contributed by atoms with Gasteiger partial charge in [-0.1, -0.05) is 30.3 Å². The normalized spacial score (nSPS) is 17.8. The number of thiazole rings is 1. The van der Waals surface area contributed by atoms with E-state index in [-0.39, 0.29) is 29.4 Å². The maximum absolute atomic E-state index is 5.30. The smallest absolute Gasteiger partial charge is 0.191 e. The van der Waals surface area contributed by atoms with Crippen LogP contribution in [0.1, 0.15) is 16.3 Å². The molecule has 7 heteroatoms. The van der Waals surface area contributed by atoms with Crippen LogP contribution < -0.4 is 10.6 Å². The number of rotatable bonds is 5. The lowest BCUT2D eigenvalue weighted by Gasteiger charge is -2.42. The summed E-state index contributed by atoms with van der Waals surface area (Å²) in [4.78, 5) is 9.31. The number of nitrogens with zero attached hydrogens (tertiary/aromatic N) is 2. The van der Waals surface area contributed by atoms with Crippen LogP contribution in [0.25, 0.3) is 0 Å². The number of guanidine groups is 1. The molecule has 0 unspecified atom stereocenters. The van der Waals surface area contributed by atoms with E-state index in [1.807, 2.05) is 0 Å². The van der Waals surface area contributed by atoms with Crippen molar-refractivity contribution in [2.75, 3.05) is 26.3 Å². The van der Waals surface area contributed by atoms with Crippen LogP contribution in [-0.2, 0) is 24.1 Å². The first-order valence-corrected chi connectivity index (χ1v) is 9.27. The number of hydrogen-bond donors (Lipinski definition) is 2. The van der Waals surface area contributed by atoms with Crippen LogP contribution in [0.2, 0.25) is 0 Å². The van der Waals surface area contributed by atoms with Gasteiger partial charge < -0.3 is 15.4 Å². The molecule has 1 saturated heterocycles. The molecule has 0 radical (unpaired) electrons. The van der Waals surface area contributed by atoms with Gasteiger partial charge in [0.1, 0.15) is 0 Å². The van der Waals surface area contributed by atoms with Gasteiger partial charge in [-0.15, -0.1) is 35.3 Å². The summed E-state index contributed by atoms with van der Waals surface area (Å²) in [6, 6.07) is 10.6. The third kappa shape index (κ3) is 4.71. The summed E-state index contributed by atoms with van der Waals surface area (Å²) in [7, 11) is 0. The zero-order chi connectivity index (χ0) is 16.2. The van der Waals surface area contributed by atoms with Crippen LogP contribution in [0.15, 0.2) is 40.7 Å². The van der Waals surface area contributed by atoms with Crippen molar-refractivity contribution >= 4 is 41.3 Å². The molecule has 3 heterocycles.